The molecule has 1 aromatic carbocycles. The van der Waals surface area contributed by atoms with Gasteiger partial charge in [0.1, 0.15) is 5.01 Å². The van der Waals surface area contributed by atoms with E-state index < -0.39 is 36.5 Å². The van der Waals surface area contributed by atoms with Gasteiger partial charge < -0.3 is 35.1 Å². The molecule has 1 saturated heterocycles. The van der Waals surface area contributed by atoms with E-state index in [4.69, 9.17) is 19.9 Å². The maximum atomic E-state index is 13.8. The molecule has 2 aromatic rings. The van der Waals surface area contributed by atoms with Crippen LogP contribution in [0.25, 0.3) is 0 Å². The van der Waals surface area contributed by atoms with Crippen molar-refractivity contribution in [3.05, 3.63) is 52.5 Å². The molecule has 0 spiro atoms. The van der Waals surface area contributed by atoms with E-state index in [2.05, 4.69) is 10.3 Å². The van der Waals surface area contributed by atoms with Gasteiger partial charge in [0, 0.05) is 39.4 Å². The quantitative estimate of drug-likeness (QED) is 0.249. The van der Waals surface area contributed by atoms with Crippen LogP contribution in [0.1, 0.15) is 70.5 Å². The molecule has 256 valence electrons. The van der Waals surface area contributed by atoms with Crippen LogP contribution in [0, 0.1) is 17.8 Å². The molecule has 0 aliphatic carbocycles. The number of likely N-dealkylation sites (N-methyl/N-ethyl adjacent to an activating group) is 1. The van der Waals surface area contributed by atoms with Gasteiger partial charge in [-0.15, -0.1) is 11.3 Å². The number of nitrogens with one attached hydrogen (secondary N) is 1. The molecule has 0 saturated carbocycles. The number of carbonyl (C=O) groups excluding carboxylic acids is 3. The number of aromatic nitrogens is 1. The zero-order valence-corrected chi connectivity index (χ0v) is 29.4. The molecule has 2 heterocycles. The molecule has 8 atom stereocenters. The first-order valence-electron chi connectivity index (χ1n) is 16.2. The minimum absolute atomic E-state index is 0.0439. The number of ether oxygens (including phenoxy) is 3. The Hall–Kier alpha value is -3.06. The lowest BCUT2D eigenvalue weighted by Crippen LogP contribution is -2.57. The Balaban J connectivity index is 1.75. The Kier molecular flexibility index (Phi) is 14.4. The molecule has 1 aliphatic heterocycles. The number of nitrogens with zero attached hydrogens (tertiary/aromatic N) is 3. The zero-order valence-electron chi connectivity index (χ0n) is 28.5. The Bertz CT molecular complexity index is 1230. The van der Waals surface area contributed by atoms with E-state index >= 15 is 0 Å². The molecule has 3 amide bonds. The van der Waals surface area contributed by atoms with Gasteiger partial charge in [0.2, 0.25) is 18.1 Å². The third-order valence-corrected chi connectivity index (χ3v) is 10.1. The van der Waals surface area contributed by atoms with Crippen LogP contribution < -0.4 is 11.1 Å². The van der Waals surface area contributed by atoms with E-state index in [0.29, 0.717) is 19.4 Å². The van der Waals surface area contributed by atoms with Crippen molar-refractivity contribution in [2.45, 2.75) is 96.9 Å². The van der Waals surface area contributed by atoms with Crippen molar-refractivity contribution in [3.63, 3.8) is 0 Å². The lowest BCUT2D eigenvalue weighted by atomic mass is 9.94. The van der Waals surface area contributed by atoms with E-state index in [1.165, 1.54) is 18.4 Å². The molecule has 3 rings (SSSR count). The second-order valence-electron chi connectivity index (χ2n) is 12.6. The highest BCUT2D eigenvalue weighted by atomic mass is 32.1. The summed E-state index contributed by atoms with van der Waals surface area (Å²) in [7, 11) is 4.71. The lowest BCUT2D eigenvalue weighted by molar-refractivity contribution is -0.163. The summed E-state index contributed by atoms with van der Waals surface area (Å²) in [4.78, 5) is 48.3. The van der Waals surface area contributed by atoms with Crippen LogP contribution in [-0.4, -0.2) is 91.0 Å². The van der Waals surface area contributed by atoms with Crippen LogP contribution in [0.4, 0.5) is 4.79 Å². The van der Waals surface area contributed by atoms with Gasteiger partial charge in [0.05, 0.1) is 36.2 Å². The van der Waals surface area contributed by atoms with E-state index in [1.54, 1.807) is 30.2 Å². The van der Waals surface area contributed by atoms with Gasteiger partial charge in [-0.25, -0.2) is 9.78 Å². The number of amides is 3. The standard InChI is InChI=1S/C34H53N5O6S/c1-9-22(4)28(38(6)32(41)27(35)21(2)3)33(44-8)45-34(42)39-18-13-16-26(39)29(43-7)23(5)30(40)37-25(31-36-17-19-46-31)20-24-14-11-10-12-15-24/h10-12,14-15,17,19,21-23,25-29,33H,9,13,16,18,20,35H2,1-8H3,(H,37,40)/t22-,23+,25-,26-,27?,28?,29+,33+/m0/s1. The highest BCUT2D eigenvalue weighted by molar-refractivity contribution is 7.09. The number of carbonyl (C=O) groups is 3. The summed E-state index contributed by atoms with van der Waals surface area (Å²) >= 11 is 1.50. The van der Waals surface area contributed by atoms with Crippen LogP contribution >= 0.6 is 11.3 Å². The number of benzene rings is 1. The zero-order chi connectivity index (χ0) is 34.0. The molecular formula is C34H53N5O6S. The number of hydrogen-bond acceptors (Lipinski definition) is 9. The van der Waals surface area contributed by atoms with Crippen LogP contribution in [-0.2, 0) is 30.2 Å². The summed E-state index contributed by atoms with van der Waals surface area (Å²) in [5, 5.41) is 5.91. The van der Waals surface area contributed by atoms with Gasteiger partial charge in [0.25, 0.3) is 0 Å². The summed E-state index contributed by atoms with van der Waals surface area (Å²) in [5.41, 5.74) is 7.29. The van der Waals surface area contributed by atoms with Crippen LogP contribution in [0.5, 0.6) is 0 Å². The van der Waals surface area contributed by atoms with Gasteiger partial charge in [-0.05, 0) is 36.7 Å². The van der Waals surface area contributed by atoms with Crippen LogP contribution in [0.15, 0.2) is 41.9 Å². The first-order chi connectivity index (χ1) is 21.9. The predicted octanol–water partition coefficient (Wildman–Crippen LogP) is 4.62. The number of likely N-dealkylation sites (tertiary alicyclic amines) is 1. The average molecular weight is 660 g/mol. The fourth-order valence-electron chi connectivity index (χ4n) is 6.13. The van der Waals surface area contributed by atoms with Crippen LogP contribution in [0.2, 0.25) is 0 Å². The Morgan fingerprint density at radius 3 is 2.39 bits per heavy atom. The molecular weight excluding hydrogens is 606 g/mol. The Morgan fingerprint density at radius 1 is 1.13 bits per heavy atom. The first-order valence-corrected chi connectivity index (χ1v) is 17.1. The number of rotatable bonds is 16. The molecule has 1 fully saturated rings. The predicted molar refractivity (Wildman–Crippen MR) is 179 cm³/mol. The van der Waals surface area contributed by atoms with Crippen molar-refractivity contribution >= 4 is 29.2 Å². The SMILES string of the molecule is CC[C@H](C)C([C@H](OC)OC(=O)N1CCC[C@H]1[C@H](OC)[C@@H](C)C(=O)N[C@@H](Cc1ccccc1)c1nccs1)N(C)C(=O)C(N)C(C)C. The Labute approximate surface area is 278 Å². The molecule has 1 aliphatic rings. The first kappa shape index (κ1) is 37.4. The third kappa shape index (κ3) is 9.27. The van der Waals surface area contributed by atoms with Crippen molar-refractivity contribution in [1.82, 2.24) is 20.1 Å². The minimum atomic E-state index is -1.02. The topological polar surface area (TPSA) is 136 Å². The molecule has 46 heavy (non-hydrogen) atoms. The summed E-state index contributed by atoms with van der Waals surface area (Å²) < 4.78 is 17.6. The maximum absolute atomic E-state index is 13.8. The van der Waals surface area contributed by atoms with Crippen molar-refractivity contribution in [3.8, 4) is 0 Å². The van der Waals surface area contributed by atoms with Crippen molar-refractivity contribution < 1.29 is 28.6 Å². The normalized spacial score (nSPS) is 19.5. The van der Waals surface area contributed by atoms with Crippen molar-refractivity contribution in [1.29, 1.82) is 0 Å². The Morgan fingerprint density at radius 2 is 1.83 bits per heavy atom. The summed E-state index contributed by atoms with van der Waals surface area (Å²) in [6.07, 6.45) is 2.28. The van der Waals surface area contributed by atoms with Gasteiger partial charge >= 0.3 is 6.09 Å². The second kappa shape index (κ2) is 17.7. The van der Waals surface area contributed by atoms with E-state index in [0.717, 1.165) is 23.4 Å². The average Bonchev–Trinajstić information content (AvgIpc) is 3.77. The van der Waals surface area contributed by atoms with Gasteiger partial charge in [-0.3, -0.25) is 9.59 Å². The number of nitrogens with two attached hydrogens (primary N) is 1. The molecule has 0 bridgehead atoms. The summed E-state index contributed by atoms with van der Waals surface area (Å²) in [6, 6.07) is 8.04. The largest absolute Gasteiger partial charge is 0.417 e. The van der Waals surface area contributed by atoms with Crippen molar-refractivity contribution in [2.75, 3.05) is 27.8 Å². The van der Waals surface area contributed by atoms with E-state index in [1.807, 2.05) is 70.3 Å². The minimum Gasteiger partial charge on any atom is -0.417 e. The third-order valence-electron chi connectivity index (χ3n) is 9.19. The highest BCUT2D eigenvalue weighted by Gasteiger charge is 2.43. The number of hydrogen-bond donors (Lipinski definition) is 2. The number of methoxy groups -OCH3 is 2. The van der Waals surface area contributed by atoms with Gasteiger partial charge in [-0.1, -0.05) is 71.4 Å². The number of thiazole rings is 1. The second-order valence-corrected chi connectivity index (χ2v) is 13.5. The summed E-state index contributed by atoms with van der Waals surface area (Å²) in [6.45, 7) is 10.1. The lowest BCUT2D eigenvalue weighted by Gasteiger charge is -2.39. The van der Waals surface area contributed by atoms with Crippen molar-refractivity contribution in [2.24, 2.45) is 23.5 Å². The van der Waals surface area contributed by atoms with Gasteiger partial charge in [0.15, 0.2) is 0 Å². The molecule has 2 unspecified atom stereocenters. The summed E-state index contributed by atoms with van der Waals surface area (Å²) in [5.74, 6) is -1.09. The fourth-order valence-corrected chi connectivity index (χ4v) is 6.82. The maximum Gasteiger partial charge on any atom is 0.412 e. The molecule has 12 heteroatoms. The molecule has 0 radical (unpaired) electrons. The van der Waals surface area contributed by atoms with E-state index in [-0.39, 0.29) is 35.7 Å². The van der Waals surface area contributed by atoms with Crippen LogP contribution in [0.3, 0.4) is 0 Å². The van der Waals surface area contributed by atoms with Gasteiger partial charge in [-0.2, -0.15) is 0 Å². The smallest absolute Gasteiger partial charge is 0.412 e. The fraction of sp³-hybridized carbons (Fsp3) is 0.647. The molecule has 11 nitrogen and oxygen atoms in total. The highest BCUT2D eigenvalue weighted by Crippen LogP contribution is 2.30. The monoisotopic (exact) mass is 659 g/mol. The van der Waals surface area contributed by atoms with E-state index in [9.17, 15) is 14.4 Å². The molecule has 1 aromatic heterocycles. The molecule has 3 N–H and O–H groups in total.